The number of carbonyl (C=O) groups is 2. The quantitative estimate of drug-likeness (QED) is 0.301. The van der Waals surface area contributed by atoms with Crippen LogP contribution in [0.5, 0.6) is 0 Å². The first-order valence-corrected chi connectivity index (χ1v) is 7.07. The van der Waals surface area contributed by atoms with E-state index in [0.717, 1.165) is 12.8 Å². The highest BCUT2D eigenvalue weighted by Crippen LogP contribution is 2.12. The first-order chi connectivity index (χ1) is 10.5. The molecule has 0 saturated carbocycles. The summed E-state index contributed by atoms with van der Waals surface area (Å²) < 4.78 is 9.91. The van der Waals surface area contributed by atoms with Crippen LogP contribution in [0.4, 0.5) is 5.69 Å². The van der Waals surface area contributed by atoms with Gasteiger partial charge in [-0.2, -0.15) is 0 Å². The standard InChI is InChI=1S/C15H19NO6/c1-2-3-10-21-14(17)8-9-15(18)22-11-12-4-6-13(7-5-12)16(19)20/h4-7H,2-3,8-11H2,1H3. The van der Waals surface area contributed by atoms with Crippen molar-refractivity contribution in [3.05, 3.63) is 39.9 Å². The number of ether oxygens (including phenoxy) is 2. The van der Waals surface area contributed by atoms with Crippen LogP contribution in [0.1, 0.15) is 38.2 Å². The zero-order chi connectivity index (χ0) is 16.4. The predicted octanol–water partition coefficient (Wildman–Crippen LogP) is 2.76. The summed E-state index contributed by atoms with van der Waals surface area (Å²) >= 11 is 0. The van der Waals surface area contributed by atoms with Gasteiger partial charge in [0.25, 0.3) is 5.69 Å². The lowest BCUT2D eigenvalue weighted by Gasteiger charge is -2.05. The minimum Gasteiger partial charge on any atom is -0.466 e. The number of hydrogen-bond acceptors (Lipinski definition) is 6. The lowest BCUT2D eigenvalue weighted by Crippen LogP contribution is -2.10. The van der Waals surface area contributed by atoms with Crippen LogP contribution in [-0.2, 0) is 25.7 Å². The lowest BCUT2D eigenvalue weighted by atomic mass is 10.2. The molecule has 120 valence electrons. The summed E-state index contributed by atoms with van der Waals surface area (Å²) in [5, 5.41) is 10.5. The number of esters is 2. The third-order valence-electron chi connectivity index (χ3n) is 2.84. The Morgan fingerprint density at radius 1 is 1.09 bits per heavy atom. The molecule has 22 heavy (non-hydrogen) atoms. The van der Waals surface area contributed by atoms with Gasteiger partial charge in [0.2, 0.25) is 0 Å². The van der Waals surface area contributed by atoms with Gasteiger partial charge >= 0.3 is 11.9 Å². The largest absolute Gasteiger partial charge is 0.466 e. The van der Waals surface area contributed by atoms with E-state index in [-0.39, 0.29) is 25.1 Å². The van der Waals surface area contributed by atoms with Crippen molar-refractivity contribution in [1.82, 2.24) is 0 Å². The molecule has 0 atom stereocenters. The molecule has 0 heterocycles. The highest BCUT2D eigenvalue weighted by Gasteiger charge is 2.10. The average molecular weight is 309 g/mol. The third-order valence-corrected chi connectivity index (χ3v) is 2.84. The first-order valence-electron chi connectivity index (χ1n) is 7.07. The van der Waals surface area contributed by atoms with Crippen LogP contribution in [0.3, 0.4) is 0 Å². The van der Waals surface area contributed by atoms with Gasteiger partial charge in [-0.15, -0.1) is 0 Å². The van der Waals surface area contributed by atoms with Crippen molar-refractivity contribution in [2.24, 2.45) is 0 Å². The van der Waals surface area contributed by atoms with E-state index in [0.29, 0.717) is 12.2 Å². The normalized spacial score (nSPS) is 10.0. The Morgan fingerprint density at radius 3 is 2.23 bits per heavy atom. The van der Waals surface area contributed by atoms with Crippen LogP contribution in [0.25, 0.3) is 0 Å². The fraction of sp³-hybridized carbons (Fsp3) is 0.467. The highest BCUT2D eigenvalue weighted by molar-refractivity contribution is 5.77. The predicted molar refractivity (Wildman–Crippen MR) is 78.0 cm³/mol. The molecule has 0 aliphatic carbocycles. The minimum atomic E-state index is -0.509. The number of carbonyl (C=O) groups excluding carboxylic acids is 2. The molecule has 1 aromatic carbocycles. The van der Waals surface area contributed by atoms with Gasteiger partial charge < -0.3 is 9.47 Å². The molecule has 0 aromatic heterocycles. The van der Waals surface area contributed by atoms with E-state index < -0.39 is 16.9 Å². The van der Waals surface area contributed by atoms with Crippen LogP contribution in [0.15, 0.2) is 24.3 Å². The Morgan fingerprint density at radius 2 is 1.68 bits per heavy atom. The zero-order valence-corrected chi connectivity index (χ0v) is 12.4. The third kappa shape index (κ3) is 6.83. The van der Waals surface area contributed by atoms with E-state index in [1.807, 2.05) is 6.92 Å². The molecule has 0 bridgehead atoms. The van der Waals surface area contributed by atoms with Crippen LogP contribution in [-0.4, -0.2) is 23.5 Å². The Balaban J connectivity index is 2.25. The first kappa shape index (κ1) is 17.6. The molecule has 7 heteroatoms. The molecule has 0 spiro atoms. The molecular formula is C15H19NO6. The van der Waals surface area contributed by atoms with Crippen molar-refractivity contribution in [3.63, 3.8) is 0 Å². The maximum absolute atomic E-state index is 11.5. The van der Waals surface area contributed by atoms with Crippen LogP contribution >= 0.6 is 0 Å². The lowest BCUT2D eigenvalue weighted by molar-refractivity contribution is -0.384. The second-order valence-corrected chi connectivity index (χ2v) is 4.66. The summed E-state index contributed by atoms with van der Waals surface area (Å²) in [6, 6.07) is 5.72. The fourth-order valence-corrected chi connectivity index (χ4v) is 1.56. The van der Waals surface area contributed by atoms with Crippen LogP contribution in [0.2, 0.25) is 0 Å². The number of nitro groups is 1. The van der Waals surface area contributed by atoms with E-state index in [2.05, 4.69) is 0 Å². The number of hydrogen-bond donors (Lipinski definition) is 0. The summed E-state index contributed by atoms with van der Waals surface area (Å²) in [5.74, 6) is -0.925. The number of unbranched alkanes of at least 4 members (excludes halogenated alkanes) is 1. The van der Waals surface area contributed by atoms with Gasteiger partial charge in [-0.1, -0.05) is 13.3 Å². The van der Waals surface area contributed by atoms with E-state index in [9.17, 15) is 19.7 Å². The van der Waals surface area contributed by atoms with E-state index in [1.54, 1.807) is 0 Å². The van der Waals surface area contributed by atoms with Gasteiger partial charge in [0.15, 0.2) is 0 Å². The average Bonchev–Trinajstić information content (AvgIpc) is 2.51. The monoisotopic (exact) mass is 309 g/mol. The summed E-state index contributed by atoms with van der Waals surface area (Å²) in [6.07, 6.45) is 1.68. The SMILES string of the molecule is CCCCOC(=O)CCC(=O)OCc1ccc([N+](=O)[O-])cc1. The van der Waals surface area contributed by atoms with Gasteiger partial charge in [0.1, 0.15) is 6.61 Å². The Kier molecular flexibility index (Phi) is 7.60. The van der Waals surface area contributed by atoms with Crippen LogP contribution < -0.4 is 0 Å². The van der Waals surface area contributed by atoms with Crippen molar-refractivity contribution in [1.29, 1.82) is 0 Å². The smallest absolute Gasteiger partial charge is 0.306 e. The summed E-state index contributed by atoms with van der Waals surface area (Å²) in [6.45, 7) is 2.37. The molecular weight excluding hydrogens is 290 g/mol. The molecule has 0 N–H and O–H groups in total. The second kappa shape index (κ2) is 9.49. The Labute approximate surface area is 128 Å². The zero-order valence-electron chi connectivity index (χ0n) is 12.4. The van der Waals surface area contributed by atoms with Crippen LogP contribution in [0, 0.1) is 10.1 Å². The molecule has 0 aliphatic rings. The number of nitro benzene ring substituents is 1. The fourth-order valence-electron chi connectivity index (χ4n) is 1.56. The number of non-ortho nitro benzene ring substituents is 1. The summed E-state index contributed by atoms with van der Waals surface area (Å²) in [5.41, 5.74) is 0.620. The van der Waals surface area contributed by atoms with Gasteiger partial charge in [-0.05, 0) is 24.1 Å². The summed E-state index contributed by atoms with van der Waals surface area (Å²) in [7, 11) is 0. The van der Waals surface area contributed by atoms with Gasteiger partial charge in [-0.3, -0.25) is 19.7 Å². The topological polar surface area (TPSA) is 95.7 Å². The molecule has 1 rings (SSSR count). The second-order valence-electron chi connectivity index (χ2n) is 4.66. The van der Waals surface area contributed by atoms with E-state index >= 15 is 0 Å². The number of nitrogens with zero attached hydrogens (tertiary/aromatic N) is 1. The molecule has 7 nitrogen and oxygen atoms in total. The molecule has 0 aliphatic heterocycles. The van der Waals surface area contributed by atoms with Gasteiger partial charge in [-0.25, -0.2) is 0 Å². The number of rotatable bonds is 9. The molecule has 1 aromatic rings. The maximum atomic E-state index is 11.5. The molecule has 0 unspecified atom stereocenters. The maximum Gasteiger partial charge on any atom is 0.306 e. The van der Waals surface area contributed by atoms with Crippen molar-refractivity contribution >= 4 is 17.6 Å². The molecule has 0 saturated heterocycles. The van der Waals surface area contributed by atoms with Gasteiger partial charge in [0.05, 0.1) is 24.4 Å². The molecule has 0 fully saturated rings. The van der Waals surface area contributed by atoms with E-state index in [1.165, 1.54) is 24.3 Å². The molecule has 0 amide bonds. The highest BCUT2D eigenvalue weighted by atomic mass is 16.6. The van der Waals surface area contributed by atoms with E-state index in [4.69, 9.17) is 9.47 Å². The minimum absolute atomic E-state index is 0.0111. The van der Waals surface area contributed by atoms with Gasteiger partial charge in [0, 0.05) is 12.1 Å². The van der Waals surface area contributed by atoms with Crippen molar-refractivity contribution in [3.8, 4) is 0 Å². The summed E-state index contributed by atoms with van der Waals surface area (Å²) in [4.78, 5) is 32.8. The Bertz CT molecular complexity index is 511. The van der Waals surface area contributed by atoms with Crippen molar-refractivity contribution in [2.45, 2.75) is 39.2 Å². The van der Waals surface area contributed by atoms with Crippen molar-refractivity contribution in [2.75, 3.05) is 6.61 Å². The number of benzene rings is 1. The Hall–Kier alpha value is -2.44. The van der Waals surface area contributed by atoms with Crippen molar-refractivity contribution < 1.29 is 24.0 Å². The molecule has 0 radical (unpaired) electrons.